The molecule has 1 aromatic carbocycles. The molecule has 0 aliphatic carbocycles. The first-order valence-corrected chi connectivity index (χ1v) is 9.06. The van der Waals surface area contributed by atoms with Crippen LogP contribution in [0, 0.1) is 12.8 Å². The predicted octanol–water partition coefficient (Wildman–Crippen LogP) is 3.40. The van der Waals surface area contributed by atoms with E-state index in [4.69, 9.17) is 0 Å². The SMILES string of the molecule is CCC[C@H](C(=O)O)[C@H](Cc1cccc(-c2ccnc(C)c2)c1)c1nn[nH]n1. The predicted molar refractivity (Wildman–Crippen MR) is 101 cm³/mol. The van der Waals surface area contributed by atoms with Gasteiger partial charge in [0.05, 0.1) is 5.92 Å². The summed E-state index contributed by atoms with van der Waals surface area (Å²) in [5.41, 5.74) is 4.16. The molecule has 0 saturated heterocycles. The Morgan fingerprint density at radius 2 is 2.04 bits per heavy atom. The standard InChI is InChI=1S/C20H23N5O2/c1-3-5-17(20(26)27)18(19-22-24-25-23-19)12-14-6-4-7-15(11-14)16-8-9-21-13(2)10-16/h4,6-11,17-18H,3,5,12H2,1-2H3,(H,26,27)(H,22,23,24,25)/t17-,18-/m0/s1. The van der Waals surface area contributed by atoms with Crippen molar-refractivity contribution < 1.29 is 9.90 Å². The van der Waals surface area contributed by atoms with Gasteiger partial charge in [-0.1, -0.05) is 42.8 Å². The Morgan fingerprint density at radius 3 is 2.70 bits per heavy atom. The van der Waals surface area contributed by atoms with E-state index in [0.717, 1.165) is 28.8 Å². The van der Waals surface area contributed by atoms with Gasteiger partial charge in [0, 0.05) is 17.8 Å². The lowest BCUT2D eigenvalue weighted by molar-refractivity contribution is -0.142. The number of hydrogen-bond donors (Lipinski definition) is 2. The summed E-state index contributed by atoms with van der Waals surface area (Å²) in [4.78, 5) is 16.1. The quantitative estimate of drug-likeness (QED) is 0.634. The van der Waals surface area contributed by atoms with Crippen molar-refractivity contribution in [1.82, 2.24) is 25.6 Å². The number of carboxylic acids is 1. The van der Waals surface area contributed by atoms with Crippen LogP contribution in [0.3, 0.4) is 0 Å². The number of aliphatic carboxylic acids is 1. The second-order valence-electron chi connectivity index (χ2n) is 6.70. The van der Waals surface area contributed by atoms with Crippen LogP contribution in [0.4, 0.5) is 0 Å². The molecule has 0 radical (unpaired) electrons. The number of carboxylic acid groups (broad SMARTS) is 1. The zero-order chi connectivity index (χ0) is 19.2. The van der Waals surface area contributed by atoms with E-state index >= 15 is 0 Å². The Labute approximate surface area is 157 Å². The molecule has 7 nitrogen and oxygen atoms in total. The van der Waals surface area contributed by atoms with Gasteiger partial charge in [-0.15, -0.1) is 10.2 Å². The Morgan fingerprint density at radius 1 is 1.22 bits per heavy atom. The molecule has 0 aliphatic rings. The number of hydrogen-bond acceptors (Lipinski definition) is 5. The van der Waals surface area contributed by atoms with Gasteiger partial charge in [0.25, 0.3) is 0 Å². The van der Waals surface area contributed by atoms with Gasteiger partial charge in [-0.3, -0.25) is 9.78 Å². The highest BCUT2D eigenvalue weighted by Gasteiger charge is 2.32. The molecule has 2 atom stereocenters. The number of aromatic nitrogens is 5. The van der Waals surface area contributed by atoms with Crippen LogP contribution in [-0.4, -0.2) is 36.7 Å². The number of aryl methyl sites for hydroxylation is 1. The zero-order valence-electron chi connectivity index (χ0n) is 15.5. The van der Waals surface area contributed by atoms with Gasteiger partial charge in [0.1, 0.15) is 0 Å². The van der Waals surface area contributed by atoms with Crippen LogP contribution in [0.5, 0.6) is 0 Å². The third kappa shape index (κ3) is 4.55. The van der Waals surface area contributed by atoms with E-state index in [0.29, 0.717) is 18.7 Å². The van der Waals surface area contributed by atoms with Crippen molar-refractivity contribution in [1.29, 1.82) is 0 Å². The molecule has 3 aromatic rings. The number of carbonyl (C=O) groups is 1. The summed E-state index contributed by atoms with van der Waals surface area (Å²) in [5, 5.41) is 23.9. The molecule has 27 heavy (non-hydrogen) atoms. The summed E-state index contributed by atoms with van der Waals surface area (Å²) in [6.07, 6.45) is 3.68. The number of aromatic amines is 1. The minimum Gasteiger partial charge on any atom is -0.481 e. The molecule has 0 saturated carbocycles. The van der Waals surface area contributed by atoms with Crippen molar-refractivity contribution in [3.05, 3.63) is 59.7 Å². The summed E-state index contributed by atoms with van der Waals surface area (Å²) >= 11 is 0. The van der Waals surface area contributed by atoms with Gasteiger partial charge in [-0.05, 0) is 48.6 Å². The second kappa shape index (κ2) is 8.53. The van der Waals surface area contributed by atoms with Crippen molar-refractivity contribution in [2.45, 2.75) is 39.0 Å². The topological polar surface area (TPSA) is 105 Å². The number of pyridine rings is 1. The fourth-order valence-corrected chi connectivity index (χ4v) is 3.40. The van der Waals surface area contributed by atoms with Crippen LogP contribution in [0.15, 0.2) is 42.6 Å². The molecule has 2 heterocycles. The van der Waals surface area contributed by atoms with Crippen LogP contribution >= 0.6 is 0 Å². The highest BCUT2D eigenvalue weighted by atomic mass is 16.4. The Balaban J connectivity index is 1.92. The number of nitrogens with zero attached hydrogens (tertiary/aromatic N) is 4. The largest absolute Gasteiger partial charge is 0.481 e. The lowest BCUT2D eigenvalue weighted by Crippen LogP contribution is -2.25. The van der Waals surface area contributed by atoms with Gasteiger partial charge in [-0.2, -0.15) is 5.21 Å². The fourth-order valence-electron chi connectivity index (χ4n) is 3.40. The van der Waals surface area contributed by atoms with E-state index < -0.39 is 11.9 Å². The van der Waals surface area contributed by atoms with E-state index in [9.17, 15) is 9.90 Å². The number of H-pyrrole nitrogens is 1. The Hall–Kier alpha value is -3.09. The van der Waals surface area contributed by atoms with Crippen molar-refractivity contribution in [3.8, 4) is 11.1 Å². The lowest BCUT2D eigenvalue weighted by Gasteiger charge is -2.21. The number of tetrazole rings is 1. The summed E-state index contributed by atoms with van der Waals surface area (Å²) in [6, 6.07) is 12.1. The van der Waals surface area contributed by atoms with E-state index in [2.05, 4.69) is 31.7 Å². The molecule has 2 aromatic heterocycles. The average Bonchev–Trinajstić information content (AvgIpc) is 3.19. The molecule has 140 valence electrons. The van der Waals surface area contributed by atoms with Gasteiger partial charge < -0.3 is 5.11 Å². The van der Waals surface area contributed by atoms with Crippen molar-refractivity contribution in [3.63, 3.8) is 0 Å². The van der Waals surface area contributed by atoms with Crippen molar-refractivity contribution in [2.75, 3.05) is 0 Å². The highest BCUT2D eigenvalue weighted by Crippen LogP contribution is 2.31. The minimum absolute atomic E-state index is 0.337. The molecule has 0 fully saturated rings. The molecule has 0 bridgehead atoms. The minimum atomic E-state index is -0.826. The fraction of sp³-hybridized carbons (Fsp3) is 0.350. The molecule has 0 aliphatic heterocycles. The third-order valence-electron chi connectivity index (χ3n) is 4.71. The van der Waals surface area contributed by atoms with Crippen LogP contribution in [0.2, 0.25) is 0 Å². The monoisotopic (exact) mass is 365 g/mol. The molecule has 0 amide bonds. The average molecular weight is 365 g/mol. The summed E-state index contributed by atoms with van der Waals surface area (Å²) < 4.78 is 0. The van der Waals surface area contributed by atoms with E-state index in [1.165, 1.54) is 0 Å². The number of nitrogens with one attached hydrogen (secondary N) is 1. The van der Waals surface area contributed by atoms with Gasteiger partial charge in [0.2, 0.25) is 0 Å². The number of benzene rings is 1. The highest BCUT2D eigenvalue weighted by molar-refractivity contribution is 5.71. The van der Waals surface area contributed by atoms with Crippen LogP contribution in [-0.2, 0) is 11.2 Å². The maximum Gasteiger partial charge on any atom is 0.307 e. The van der Waals surface area contributed by atoms with E-state index in [1.807, 2.05) is 44.2 Å². The van der Waals surface area contributed by atoms with Crippen LogP contribution in [0.25, 0.3) is 11.1 Å². The van der Waals surface area contributed by atoms with Crippen LogP contribution < -0.4 is 0 Å². The normalized spacial score (nSPS) is 13.3. The van der Waals surface area contributed by atoms with Crippen LogP contribution in [0.1, 0.15) is 42.8 Å². The Bertz CT molecular complexity index is 895. The van der Waals surface area contributed by atoms with E-state index in [-0.39, 0.29) is 5.92 Å². The van der Waals surface area contributed by atoms with E-state index in [1.54, 1.807) is 6.20 Å². The molecular formula is C20H23N5O2. The second-order valence-corrected chi connectivity index (χ2v) is 6.70. The molecule has 3 rings (SSSR count). The molecule has 0 unspecified atom stereocenters. The first kappa shape index (κ1) is 18.7. The summed E-state index contributed by atoms with van der Waals surface area (Å²) in [7, 11) is 0. The number of rotatable bonds is 8. The van der Waals surface area contributed by atoms with Crippen molar-refractivity contribution in [2.24, 2.45) is 5.92 Å². The zero-order valence-corrected chi connectivity index (χ0v) is 15.5. The molecule has 0 spiro atoms. The molecule has 7 heteroatoms. The van der Waals surface area contributed by atoms with Gasteiger partial charge >= 0.3 is 5.97 Å². The third-order valence-corrected chi connectivity index (χ3v) is 4.71. The summed E-state index contributed by atoms with van der Waals surface area (Å²) in [5.74, 6) is -1.27. The first-order chi connectivity index (χ1) is 13.1. The smallest absolute Gasteiger partial charge is 0.307 e. The Kier molecular flexibility index (Phi) is 5.90. The maximum absolute atomic E-state index is 11.8. The van der Waals surface area contributed by atoms with Gasteiger partial charge in [-0.25, -0.2) is 0 Å². The lowest BCUT2D eigenvalue weighted by atomic mass is 9.83. The first-order valence-electron chi connectivity index (χ1n) is 9.06. The molecule has 2 N–H and O–H groups in total. The van der Waals surface area contributed by atoms with Gasteiger partial charge in [0.15, 0.2) is 5.82 Å². The van der Waals surface area contributed by atoms with Crippen molar-refractivity contribution >= 4 is 5.97 Å². The summed E-state index contributed by atoms with van der Waals surface area (Å²) in [6.45, 7) is 3.94. The maximum atomic E-state index is 11.8. The molecular weight excluding hydrogens is 342 g/mol.